The largest absolute Gasteiger partial charge is 0.471 e. The molecule has 120 valence electrons. The number of piperidine rings is 1. The highest BCUT2D eigenvalue weighted by molar-refractivity contribution is 9.10. The Morgan fingerprint density at radius 1 is 1.39 bits per heavy atom. The number of nitrogens with zero attached hydrogens (tertiary/aromatic N) is 3. The third-order valence-corrected chi connectivity index (χ3v) is 4.48. The van der Waals surface area contributed by atoms with Gasteiger partial charge < -0.3 is 9.64 Å². The average molecular weight is 397 g/mol. The number of hydrogen-bond acceptors (Lipinski definition) is 4. The first-order chi connectivity index (χ1) is 11.1. The number of likely N-dealkylation sites (tertiary alicyclic amines) is 1. The van der Waals surface area contributed by atoms with Crippen molar-refractivity contribution in [3.8, 4) is 5.88 Å². The Bertz CT molecular complexity index is 699. The van der Waals surface area contributed by atoms with Crippen LogP contribution in [0.5, 0.6) is 5.88 Å². The van der Waals surface area contributed by atoms with E-state index >= 15 is 0 Å². The minimum absolute atomic E-state index is 0.0799. The Morgan fingerprint density at radius 3 is 3.04 bits per heavy atom. The molecule has 1 aliphatic heterocycles. The summed E-state index contributed by atoms with van der Waals surface area (Å²) in [5.41, 5.74) is 0.501. The van der Waals surface area contributed by atoms with Gasteiger partial charge in [0.05, 0.1) is 17.1 Å². The molecule has 1 saturated heterocycles. The molecular weight excluding hydrogens is 382 g/mol. The molecule has 0 aliphatic carbocycles. The van der Waals surface area contributed by atoms with Crippen molar-refractivity contribution < 1.29 is 9.53 Å². The maximum atomic E-state index is 12.7. The van der Waals surface area contributed by atoms with Gasteiger partial charge in [0.1, 0.15) is 6.10 Å². The summed E-state index contributed by atoms with van der Waals surface area (Å²) in [6.45, 7) is 1.21. The fraction of sp³-hybridized carbons (Fsp3) is 0.312. The van der Waals surface area contributed by atoms with E-state index in [4.69, 9.17) is 16.3 Å². The molecule has 1 atom stereocenters. The molecule has 1 unspecified atom stereocenters. The second-order valence-corrected chi connectivity index (χ2v) is 6.64. The maximum absolute atomic E-state index is 12.7. The quantitative estimate of drug-likeness (QED) is 0.796. The fourth-order valence-electron chi connectivity index (χ4n) is 2.57. The van der Waals surface area contributed by atoms with Gasteiger partial charge in [0.15, 0.2) is 0 Å². The predicted molar refractivity (Wildman–Crippen MR) is 90.7 cm³/mol. The summed E-state index contributed by atoms with van der Waals surface area (Å²) in [5, 5.41) is 8.17. The Balaban J connectivity index is 1.70. The first-order valence-corrected chi connectivity index (χ1v) is 8.49. The van der Waals surface area contributed by atoms with E-state index in [-0.39, 0.29) is 12.0 Å². The van der Waals surface area contributed by atoms with Crippen LogP contribution < -0.4 is 4.74 Å². The monoisotopic (exact) mass is 395 g/mol. The number of rotatable bonds is 3. The second kappa shape index (κ2) is 7.27. The van der Waals surface area contributed by atoms with Gasteiger partial charge in [-0.3, -0.25) is 4.79 Å². The van der Waals surface area contributed by atoms with Crippen LogP contribution in [0.25, 0.3) is 0 Å². The lowest BCUT2D eigenvalue weighted by atomic mass is 10.1. The first kappa shape index (κ1) is 16.2. The molecular formula is C16H15BrClN3O2. The molecule has 23 heavy (non-hydrogen) atoms. The van der Waals surface area contributed by atoms with Crippen molar-refractivity contribution in [2.75, 3.05) is 13.1 Å². The van der Waals surface area contributed by atoms with E-state index in [0.717, 1.165) is 17.3 Å². The molecule has 7 heteroatoms. The van der Waals surface area contributed by atoms with Crippen LogP contribution in [0.15, 0.2) is 41.0 Å². The van der Waals surface area contributed by atoms with E-state index in [1.165, 1.54) is 0 Å². The smallest absolute Gasteiger partial charge is 0.255 e. The molecule has 5 nitrogen and oxygen atoms in total. The van der Waals surface area contributed by atoms with Crippen LogP contribution in [0.2, 0.25) is 5.02 Å². The third-order valence-electron chi connectivity index (χ3n) is 3.66. The molecule has 0 spiro atoms. The van der Waals surface area contributed by atoms with Crippen LogP contribution in [-0.2, 0) is 0 Å². The molecule has 1 aromatic carbocycles. The Morgan fingerprint density at radius 2 is 2.26 bits per heavy atom. The second-order valence-electron chi connectivity index (χ2n) is 5.32. The third kappa shape index (κ3) is 4.00. The summed E-state index contributed by atoms with van der Waals surface area (Å²) >= 11 is 9.53. The van der Waals surface area contributed by atoms with E-state index < -0.39 is 0 Å². The zero-order valence-electron chi connectivity index (χ0n) is 12.3. The maximum Gasteiger partial charge on any atom is 0.255 e. The first-order valence-electron chi connectivity index (χ1n) is 7.32. The number of carbonyl (C=O) groups is 1. The number of hydrogen-bond donors (Lipinski definition) is 0. The van der Waals surface area contributed by atoms with Crippen LogP contribution in [-0.4, -0.2) is 40.2 Å². The topological polar surface area (TPSA) is 55.3 Å². The van der Waals surface area contributed by atoms with E-state index in [0.29, 0.717) is 29.6 Å². The molecule has 3 rings (SSSR count). The van der Waals surface area contributed by atoms with Gasteiger partial charge in [0.2, 0.25) is 5.88 Å². The van der Waals surface area contributed by atoms with Crippen LogP contribution in [0.1, 0.15) is 23.2 Å². The van der Waals surface area contributed by atoms with Gasteiger partial charge in [-0.05, 0) is 37.1 Å². The van der Waals surface area contributed by atoms with E-state index in [9.17, 15) is 4.79 Å². The predicted octanol–water partition coefficient (Wildman–Crippen LogP) is 3.58. The van der Waals surface area contributed by atoms with Gasteiger partial charge in [-0.25, -0.2) is 0 Å². The highest BCUT2D eigenvalue weighted by atomic mass is 79.9. The van der Waals surface area contributed by atoms with Crippen molar-refractivity contribution in [3.63, 3.8) is 0 Å². The molecule has 0 radical (unpaired) electrons. The van der Waals surface area contributed by atoms with Gasteiger partial charge in [-0.2, -0.15) is 5.10 Å². The van der Waals surface area contributed by atoms with Gasteiger partial charge in [0, 0.05) is 23.3 Å². The standard InChI is InChI=1S/C16H15BrClN3O2/c17-11-5-6-14(18)13(9-11)16(22)21-8-2-3-12(10-21)23-15-4-1-7-19-20-15/h1,4-7,9,12H,2-3,8,10H2. The molecule has 1 amide bonds. The van der Waals surface area contributed by atoms with E-state index in [1.54, 1.807) is 35.4 Å². The molecule has 0 saturated carbocycles. The summed E-state index contributed by atoms with van der Waals surface area (Å²) in [7, 11) is 0. The SMILES string of the molecule is O=C(c1cc(Br)ccc1Cl)N1CCCC(Oc2cccnn2)C1. The summed E-state index contributed by atoms with van der Waals surface area (Å²) in [5.74, 6) is 0.399. The fourth-order valence-corrected chi connectivity index (χ4v) is 3.13. The minimum Gasteiger partial charge on any atom is -0.471 e. The van der Waals surface area contributed by atoms with Crippen molar-refractivity contribution >= 4 is 33.4 Å². The summed E-state index contributed by atoms with van der Waals surface area (Å²) in [6, 6.07) is 8.82. The van der Waals surface area contributed by atoms with Crippen LogP contribution >= 0.6 is 27.5 Å². The zero-order chi connectivity index (χ0) is 16.2. The van der Waals surface area contributed by atoms with Crippen LogP contribution in [0, 0.1) is 0 Å². The molecule has 2 heterocycles. The molecule has 2 aromatic rings. The van der Waals surface area contributed by atoms with Crippen molar-refractivity contribution in [2.45, 2.75) is 18.9 Å². The summed E-state index contributed by atoms with van der Waals surface area (Å²) in [6.07, 6.45) is 3.27. The number of carbonyl (C=O) groups excluding carboxylic acids is 1. The van der Waals surface area contributed by atoms with Gasteiger partial charge in [0.25, 0.3) is 5.91 Å². The van der Waals surface area contributed by atoms with E-state index in [2.05, 4.69) is 26.1 Å². The molecule has 1 fully saturated rings. The Kier molecular flexibility index (Phi) is 5.13. The molecule has 1 aliphatic rings. The number of ether oxygens (including phenoxy) is 1. The molecule has 0 N–H and O–H groups in total. The van der Waals surface area contributed by atoms with Gasteiger partial charge in [-0.15, -0.1) is 5.10 Å². The average Bonchev–Trinajstić information content (AvgIpc) is 2.57. The highest BCUT2D eigenvalue weighted by Gasteiger charge is 2.27. The molecule has 0 bridgehead atoms. The van der Waals surface area contributed by atoms with Crippen LogP contribution in [0.4, 0.5) is 0 Å². The van der Waals surface area contributed by atoms with Crippen molar-refractivity contribution in [2.24, 2.45) is 0 Å². The van der Waals surface area contributed by atoms with Crippen molar-refractivity contribution in [3.05, 3.63) is 51.6 Å². The minimum atomic E-state index is -0.0877. The zero-order valence-corrected chi connectivity index (χ0v) is 14.6. The number of aromatic nitrogens is 2. The number of halogens is 2. The lowest BCUT2D eigenvalue weighted by molar-refractivity contribution is 0.0525. The summed E-state index contributed by atoms with van der Waals surface area (Å²) in [4.78, 5) is 14.5. The Labute approximate surface area is 147 Å². The van der Waals surface area contributed by atoms with Crippen molar-refractivity contribution in [1.82, 2.24) is 15.1 Å². The van der Waals surface area contributed by atoms with Crippen LogP contribution in [0.3, 0.4) is 0 Å². The highest BCUT2D eigenvalue weighted by Crippen LogP contribution is 2.24. The van der Waals surface area contributed by atoms with Gasteiger partial charge >= 0.3 is 0 Å². The van der Waals surface area contributed by atoms with E-state index in [1.807, 2.05) is 6.07 Å². The lowest BCUT2D eigenvalue weighted by Gasteiger charge is -2.32. The normalized spacial score (nSPS) is 17.8. The van der Waals surface area contributed by atoms with Crippen molar-refractivity contribution in [1.29, 1.82) is 0 Å². The lowest BCUT2D eigenvalue weighted by Crippen LogP contribution is -2.44. The summed E-state index contributed by atoms with van der Waals surface area (Å²) < 4.78 is 6.64. The Hall–Kier alpha value is -1.66. The van der Waals surface area contributed by atoms with Gasteiger partial charge in [-0.1, -0.05) is 27.5 Å². The molecule has 1 aromatic heterocycles. The number of amides is 1. The number of benzene rings is 1.